The number of aryl methyl sites for hydroxylation is 1. The Morgan fingerprint density at radius 1 is 1.31 bits per heavy atom. The Hall–Kier alpha value is -1.09. The van der Waals surface area contributed by atoms with Crippen LogP contribution in [0.15, 0.2) is 18.2 Å². The predicted octanol–water partition coefficient (Wildman–Crippen LogP) is 4.37. The minimum atomic E-state index is 0.502. The van der Waals surface area contributed by atoms with Crippen molar-refractivity contribution in [2.75, 3.05) is 0 Å². The number of fused-ring (bicyclic) bond motifs is 1. The van der Waals surface area contributed by atoms with Crippen LogP contribution in [0.1, 0.15) is 38.3 Å². The molecule has 0 aliphatic heterocycles. The smallest absolute Gasteiger partial charge is 0.178 e. The van der Waals surface area contributed by atoms with Crippen molar-refractivity contribution in [1.29, 1.82) is 0 Å². The molecule has 2 aromatic rings. The standard InChI is InChI=1S/C13H18N2S/c1-4-10(5-2)15-12-9(3)7-6-8-11(12)14-13(15)16/h6-8,10H,4-5H2,1-3H3,(H,14,16). The van der Waals surface area contributed by atoms with E-state index in [1.807, 2.05) is 0 Å². The summed E-state index contributed by atoms with van der Waals surface area (Å²) in [6.45, 7) is 6.57. The van der Waals surface area contributed by atoms with Gasteiger partial charge in [0.05, 0.1) is 11.0 Å². The molecule has 2 rings (SSSR count). The van der Waals surface area contributed by atoms with Gasteiger partial charge in [0.1, 0.15) is 0 Å². The first-order chi connectivity index (χ1) is 7.69. The van der Waals surface area contributed by atoms with Crippen molar-refractivity contribution >= 4 is 23.3 Å². The lowest BCUT2D eigenvalue weighted by Gasteiger charge is -2.16. The van der Waals surface area contributed by atoms with E-state index in [0.29, 0.717) is 6.04 Å². The second kappa shape index (κ2) is 4.42. The van der Waals surface area contributed by atoms with E-state index in [0.717, 1.165) is 23.1 Å². The lowest BCUT2D eigenvalue weighted by molar-refractivity contribution is 0.478. The molecule has 2 nitrogen and oxygen atoms in total. The Balaban J connectivity index is 2.77. The zero-order valence-electron chi connectivity index (χ0n) is 10.1. The molecule has 1 aromatic heterocycles. The first kappa shape index (κ1) is 11.4. The minimum absolute atomic E-state index is 0.502. The van der Waals surface area contributed by atoms with Gasteiger partial charge >= 0.3 is 0 Å². The summed E-state index contributed by atoms with van der Waals surface area (Å²) < 4.78 is 3.12. The van der Waals surface area contributed by atoms with Crippen LogP contribution in [0.5, 0.6) is 0 Å². The van der Waals surface area contributed by atoms with E-state index in [1.54, 1.807) is 0 Å². The summed E-state index contributed by atoms with van der Waals surface area (Å²) in [5.74, 6) is 0. The lowest BCUT2D eigenvalue weighted by Crippen LogP contribution is -2.07. The van der Waals surface area contributed by atoms with E-state index in [1.165, 1.54) is 11.1 Å². The zero-order chi connectivity index (χ0) is 11.7. The molecule has 16 heavy (non-hydrogen) atoms. The molecule has 0 fully saturated rings. The summed E-state index contributed by atoms with van der Waals surface area (Å²) in [6.07, 6.45) is 2.23. The summed E-state index contributed by atoms with van der Waals surface area (Å²) in [4.78, 5) is 3.29. The number of hydrogen-bond donors (Lipinski definition) is 1. The number of nitrogens with one attached hydrogen (secondary N) is 1. The molecule has 0 spiro atoms. The van der Waals surface area contributed by atoms with Crippen molar-refractivity contribution < 1.29 is 0 Å². The SMILES string of the molecule is CCC(CC)n1c(=S)[nH]c2cccc(C)c21. The molecule has 86 valence electrons. The average Bonchev–Trinajstić information content (AvgIpc) is 2.59. The van der Waals surface area contributed by atoms with Crippen LogP contribution in [0.25, 0.3) is 11.0 Å². The van der Waals surface area contributed by atoms with Gasteiger partial charge < -0.3 is 9.55 Å². The van der Waals surface area contributed by atoms with E-state index in [4.69, 9.17) is 12.2 Å². The normalized spacial score (nSPS) is 11.5. The van der Waals surface area contributed by atoms with Crippen molar-refractivity contribution in [3.8, 4) is 0 Å². The van der Waals surface area contributed by atoms with Gasteiger partial charge in [0.15, 0.2) is 4.77 Å². The number of benzene rings is 1. The number of imidazole rings is 1. The summed E-state index contributed by atoms with van der Waals surface area (Å²) in [5.41, 5.74) is 3.70. The molecule has 1 aromatic carbocycles. The molecule has 0 bridgehead atoms. The maximum atomic E-state index is 5.43. The van der Waals surface area contributed by atoms with Crippen molar-refractivity contribution in [1.82, 2.24) is 9.55 Å². The van der Waals surface area contributed by atoms with Crippen LogP contribution >= 0.6 is 12.2 Å². The van der Waals surface area contributed by atoms with Crippen molar-refractivity contribution in [2.24, 2.45) is 0 Å². The maximum Gasteiger partial charge on any atom is 0.178 e. The molecular formula is C13H18N2S. The molecule has 1 heterocycles. The largest absolute Gasteiger partial charge is 0.331 e. The van der Waals surface area contributed by atoms with E-state index in [-0.39, 0.29) is 0 Å². The quantitative estimate of drug-likeness (QED) is 0.782. The van der Waals surface area contributed by atoms with Crippen LogP contribution in [-0.4, -0.2) is 9.55 Å². The minimum Gasteiger partial charge on any atom is -0.331 e. The Bertz CT molecular complexity index is 547. The van der Waals surface area contributed by atoms with Crippen molar-refractivity contribution in [2.45, 2.75) is 39.7 Å². The molecule has 0 atom stereocenters. The highest BCUT2D eigenvalue weighted by Gasteiger charge is 2.13. The molecule has 0 saturated heterocycles. The molecule has 0 aliphatic carbocycles. The second-order valence-electron chi connectivity index (χ2n) is 4.24. The number of aromatic nitrogens is 2. The first-order valence-electron chi connectivity index (χ1n) is 5.88. The van der Waals surface area contributed by atoms with E-state index in [2.05, 4.69) is 48.5 Å². The summed E-state index contributed by atoms with van der Waals surface area (Å²) in [5, 5.41) is 0. The highest BCUT2D eigenvalue weighted by Crippen LogP contribution is 2.25. The van der Waals surface area contributed by atoms with Crippen molar-refractivity contribution in [3.05, 3.63) is 28.5 Å². The molecule has 0 aliphatic rings. The van der Waals surface area contributed by atoms with Crippen LogP contribution < -0.4 is 0 Å². The third-order valence-electron chi connectivity index (χ3n) is 3.25. The van der Waals surface area contributed by atoms with Crippen LogP contribution in [0, 0.1) is 11.7 Å². The Morgan fingerprint density at radius 2 is 2.00 bits per heavy atom. The third kappa shape index (κ3) is 1.69. The van der Waals surface area contributed by atoms with Gasteiger partial charge in [0.2, 0.25) is 0 Å². The molecule has 1 N–H and O–H groups in total. The fraction of sp³-hybridized carbons (Fsp3) is 0.462. The molecule has 0 saturated carbocycles. The van der Waals surface area contributed by atoms with Crippen LogP contribution in [0.4, 0.5) is 0 Å². The third-order valence-corrected chi connectivity index (χ3v) is 3.55. The number of rotatable bonds is 3. The molecule has 0 unspecified atom stereocenters. The summed E-state index contributed by atoms with van der Waals surface area (Å²) in [7, 11) is 0. The fourth-order valence-corrected chi connectivity index (χ4v) is 2.71. The predicted molar refractivity (Wildman–Crippen MR) is 71.5 cm³/mol. The Morgan fingerprint density at radius 3 is 2.62 bits per heavy atom. The first-order valence-corrected chi connectivity index (χ1v) is 6.29. The average molecular weight is 234 g/mol. The maximum absolute atomic E-state index is 5.43. The van der Waals surface area contributed by atoms with Gasteiger partial charge in [-0.15, -0.1) is 0 Å². The van der Waals surface area contributed by atoms with Crippen LogP contribution in [0.3, 0.4) is 0 Å². The van der Waals surface area contributed by atoms with Gasteiger partial charge in [0, 0.05) is 6.04 Å². The summed E-state index contributed by atoms with van der Waals surface area (Å²) >= 11 is 5.43. The lowest BCUT2D eigenvalue weighted by atomic mass is 10.1. The van der Waals surface area contributed by atoms with E-state index >= 15 is 0 Å². The number of hydrogen-bond acceptors (Lipinski definition) is 1. The molecular weight excluding hydrogens is 216 g/mol. The fourth-order valence-electron chi connectivity index (χ4n) is 2.36. The van der Waals surface area contributed by atoms with Gasteiger partial charge in [-0.3, -0.25) is 0 Å². The van der Waals surface area contributed by atoms with Gasteiger partial charge in [0.25, 0.3) is 0 Å². The Kier molecular flexibility index (Phi) is 3.15. The van der Waals surface area contributed by atoms with Gasteiger partial charge in [-0.1, -0.05) is 26.0 Å². The molecule has 0 amide bonds. The van der Waals surface area contributed by atoms with Gasteiger partial charge in [-0.05, 0) is 43.6 Å². The molecule has 0 radical (unpaired) electrons. The van der Waals surface area contributed by atoms with E-state index < -0.39 is 0 Å². The van der Waals surface area contributed by atoms with Gasteiger partial charge in [-0.25, -0.2) is 0 Å². The van der Waals surface area contributed by atoms with Crippen LogP contribution in [0.2, 0.25) is 0 Å². The summed E-state index contributed by atoms with van der Waals surface area (Å²) in [6, 6.07) is 6.81. The van der Waals surface area contributed by atoms with E-state index in [9.17, 15) is 0 Å². The number of para-hydroxylation sites is 1. The molecule has 3 heteroatoms. The number of nitrogens with zero attached hydrogens (tertiary/aromatic N) is 1. The monoisotopic (exact) mass is 234 g/mol. The zero-order valence-corrected chi connectivity index (χ0v) is 10.9. The highest BCUT2D eigenvalue weighted by molar-refractivity contribution is 7.71. The topological polar surface area (TPSA) is 20.7 Å². The van der Waals surface area contributed by atoms with Gasteiger partial charge in [-0.2, -0.15) is 0 Å². The number of H-pyrrole nitrogens is 1. The van der Waals surface area contributed by atoms with Crippen molar-refractivity contribution in [3.63, 3.8) is 0 Å². The highest BCUT2D eigenvalue weighted by atomic mass is 32.1. The second-order valence-corrected chi connectivity index (χ2v) is 4.63. The Labute approximate surface area is 101 Å². The number of aromatic amines is 1. The van der Waals surface area contributed by atoms with Crippen LogP contribution in [-0.2, 0) is 0 Å².